The molecule has 6 nitrogen and oxygen atoms in total. The van der Waals surface area contributed by atoms with Crippen molar-refractivity contribution in [1.82, 2.24) is 5.32 Å². The number of carbonyl (C=O) groups excluding carboxylic acids is 2. The number of ether oxygens (including phenoxy) is 1. The minimum absolute atomic E-state index is 0.0787. The van der Waals surface area contributed by atoms with Crippen molar-refractivity contribution in [2.75, 3.05) is 6.61 Å². The Morgan fingerprint density at radius 1 is 0.560 bits per heavy atom. The molecule has 0 saturated heterocycles. The van der Waals surface area contributed by atoms with E-state index in [0.29, 0.717) is 19.3 Å². The maximum Gasteiger partial charge on any atom is 0.306 e. The van der Waals surface area contributed by atoms with Gasteiger partial charge in [0.1, 0.15) is 6.10 Å². The number of rotatable bonds is 39. The van der Waals surface area contributed by atoms with Gasteiger partial charge in [-0.05, 0) is 51.4 Å². The van der Waals surface area contributed by atoms with Gasteiger partial charge in [-0.15, -0.1) is 0 Å². The summed E-state index contributed by atoms with van der Waals surface area (Å²) in [6.07, 6.45) is 39.9. The van der Waals surface area contributed by atoms with Crippen LogP contribution in [0.15, 0.2) is 12.2 Å². The second kappa shape index (κ2) is 38.8. The predicted molar refractivity (Wildman–Crippen MR) is 213 cm³/mol. The SMILES string of the molecule is CCCCC/C=C\CCCCCCCC(=O)OC(CCCCCCCCC)CC(=O)NC(CO)C(O)CCCCCCCCCCCCCC. The van der Waals surface area contributed by atoms with Crippen molar-refractivity contribution in [2.45, 2.75) is 251 Å². The lowest BCUT2D eigenvalue weighted by Crippen LogP contribution is -2.46. The molecule has 0 heterocycles. The smallest absolute Gasteiger partial charge is 0.306 e. The Bertz CT molecular complexity index is 757. The summed E-state index contributed by atoms with van der Waals surface area (Å²) in [5.41, 5.74) is 0. The van der Waals surface area contributed by atoms with Crippen LogP contribution in [0.3, 0.4) is 0 Å². The van der Waals surface area contributed by atoms with Crippen molar-refractivity contribution in [2.24, 2.45) is 0 Å². The molecule has 0 spiro atoms. The van der Waals surface area contributed by atoms with Crippen LogP contribution in [0.2, 0.25) is 0 Å². The Morgan fingerprint density at radius 3 is 1.46 bits per heavy atom. The molecule has 0 aliphatic rings. The van der Waals surface area contributed by atoms with Crippen molar-refractivity contribution in [3.63, 3.8) is 0 Å². The number of esters is 1. The van der Waals surface area contributed by atoms with Crippen molar-refractivity contribution >= 4 is 11.9 Å². The molecule has 0 aromatic carbocycles. The number of unbranched alkanes of at least 4 members (excludes halogenated alkanes) is 25. The van der Waals surface area contributed by atoms with Gasteiger partial charge in [-0.1, -0.05) is 181 Å². The maximum atomic E-state index is 13.0. The molecule has 296 valence electrons. The van der Waals surface area contributed by atoms with Crippen LogP contribution in [0.25, 0.3) is 0 Å². The topological polar surface area (TPSA) is 95.9 Å². The van der Waals surface area contributed by atoms with E-state index in [0.717, 1.165) is 51.4 Å². The van der Waals surface area contributed by atoms with Crippen LogP contribution in [-0.2, 0) is 14.3 Å². The Kier molecular flexibility index (Phi) is 37.7. The molecule has 50 heavy (non-hydrogen) atoms. The molecular formula is C44H85NO5. The Hall–Kier alpha value is -1.40. The number of carbonyl (C=O) groups is 2. The summed E-state index contributed by atoms with van der Waals surface area (Å²) >= 11 is 0. The largest absolute Gasteiger partial charge is 0.462 e. The summed E-state index contributed by atoms with van der Waals surface area (Å²) in [5.74, 6) is -0.482. The average Bonchev–Trinajstić information content (AvgIpc) is 3.10. The molecule has 1 amide bonds. The highest BCUT2D eigenvalue weighted by Gasteiger charge is 2.24. The van der Waals surface area contributed by atoms with Gasteiger partial charge in [0.2, 0.25) is 5.91 Å². The number of nitrogens with one attached hydrogen (secondary N) is 1. The van der Waals surface area contributed by atoms with E-state index in [4.69, 9.17) is 4.74 Å². The van der Waals surface area contributed by atoms with Gasteiger partial charge in [-0.3, -0.25) is 9.59 Å². The molecule has 3 unspecified atom stereocenters. The Balaban J connectivity index is 4.45. The lowest BCUT2D eigenvalue weighted by molar-refractivity contribution is -0.151. The van der Waals surface area contributed by atoms with E-state index in [2.05, 4.69) is 38.2 Å². The summed E-state index contributed by atoms with van der Waals surface area (Å²) in [5, 5.41) is 23.5. The first-order valence-corrected chi connectivity index (χ1v) is 21.9. The number of aliphatic hydroxyl groups is 2. The van der Waals surface area contributed by atoms with Crippen molar-refractivity contribution in [3.8, 4) is 0 Å². The van der Waals surface area contributed by atoms with E-state index in [-0.39, 0.29) is 24.9 Å². The quantitative estimate of drug-likeness (QED) is 0.0336. The maximum absolute atomic E-state index is 13.0. The number of hydrogen-bond donors (Lipinski definition) is 3. The minimum Gasteiger partial charge on any atom is -0.462 e. The van der Waals surface area contributed by atoms with Gasteiger partial charge in [-0.25, -0.2) is 0 Å². The molecule has 0 fully saturated rings. The molecule has 0 rings (SSSR count). The number of aliphatic hydroxyl groups excluding tert-OH is 2. The molecule has 0 bridgehead atoms. The first-order valence-electron chi connectivity index (χ1n) is 21.9. The van der Waals surface area contributed by atoms with Crippen molar-refractivity contribution in [1.29, 1.82) is 0 Å². The van der Waals surface area contributed by atoms with Crippen LogP contribution >= 0.6 is 0 Å². The zero-order valence-electron chi connectivity index (χ0n) is 33.5. The fraction of sp³-hybridized carbons (Fsp3) is 0.909. The molecule has 3 atom stereocenters. The number of hydrogen-bond acceptors (Lipinski definition) is 5. The number of allylic oxidation sites excluding steroid dienone is 2. The predicted octanol–water partition coefficient (Wildman–Crippen LogP) is 12.2. The van der Waals surface area contributed by atoms with E-state index in [1.807, 2.05) is 0 Å². The lowest BCUT2D eigenvalue weighted by atomic mass is 10.0. The summed E-state index contributed by atoms with van der Waals surface area (Å²) in [6, 6.07) is -0.693. The highest BCUT2D eigenvalue weighted by atomic mass is 16.5. The Labute approximate surface area is 310 Å². The second-order valence-electron chi connectivity index (χ2n) is 15.1. The number of amides is 1. The van der Waals surface area contributed by atoms with Crippen LogP contribution in [-0.4, -0.2) is 46.9 Å². The molecule has 0 aromatic rings. The molecule has 0 aliphatic heterocycles. The molecule has 0 aromatic heterocycles. The fourth-order valence-corrected chi connectivity index (χ4v) is 6.72. The fourth-order valence-electron chi connectivity index (χ4n) is 6.72. The third-order valence-electron chi connectivity index (χ3n) is 10.1. The molecular weight excluding hydrogens is 622 g/mol. The minimum atomic E-state index is -0.780. The first-order chi connectivity index (χ1) is 24.5. The first kappa shape index (κ1) is 48.6. The highest BCUT2D eigenvalue weighted by molar-refractivity contribution is 5.77. The third kappa shape index (κ3) is 33.7. The molecule has 0 radical (unpaired) electrons. The van der Waals surface area contributed by atoms with Gasteiger partial charge in [0, 0.05) is 6.42 Å². The molecule has 0 saturated carbocycles. The summed E-state index contributed by atoms with van der Waals surface area (Å²) in [4.78, 5) is 25.8. The molecule has 6 heteroatoms. The molecule has 3 N–H and O–H groups in total. The van der Waals surface area contributed by atoms with E-state index < -0.39 is 18.2 Å². The molecule has 0 aliphatic carbocycles. The van der Waals surface area contributed by atoms with Crippen LogP contribution < -0.4 is 5.32 Å². The van der Waals surface area contributed by atoms with E-state index >= 15 is 0 Å². The standard InChI is InChI=1S/C44H85NO5/c1-4-7-10-13-16-18-20-22-24-27-30-33-36-42(47)41(39-46)45-43(48)38-40(35-32-29-26-15-12-9-6-3)50-44(49)37-34-31-28-25-23-21-19-17-14-11-8-5-2/h17,19,40-42,46-47H,4-16,18,20-39H2,1-3H3,(H,45,48)/b19-17-. The van der Waals surface area contributed by atoms with Crippen molar-refractivity contribution in [3.05, 3.63) is 12.2 Å². The normalized spacial score (nSPS) is 13.5. The van der Waals surface area contributed by atoms with Crippen LogP contribution in [0.5, 0.6) is 0 Å². The third-order valence-corrected chi connectivity index (χ3v) is 10.1. The van der Waals surface area contributed by atoms with E-state index in [1.54, 1.807) is 0 Å². The van der Waals surface area contributed by atoms with Gasteiger partial charge >= 0.3 is 5.97 Å². The summed E-state index contributed by atoms with van der Waals surface area (Å²) in [6.45, 7) is 6.41. The highest BCUT2D eigenvalue weighted by Crippen LogP contribution is 2.17. The van der Waals surface area contributed by atoms with Crippen molar-refractivity contribution < 1.29 is 24.5 Å². The summed E-state index contributed by atoms with van der Waals surface area (Å²) < 4.78 is 5.86. The second-order valence-corrected chi connectivity index (χ2v) is 15.1. The van der Waals surface area contributed by atoms with E-state index in [1.165, 1.54) is 135 Å². The lowest BCUT2D eigenvalue weighted by Gasteiger charge is -2.24. The van der Waals surface area contributed by atoms with Crippen LogP contribution in [0.1, 0.15) is 233 Å². The Morgan fingerprint density at radius 2 is 0.960 bits per heavy atom. The van der Waals surface area contributed by atoms with Gasteiger partial charge < -0.3 is 20.3 Å². The monoisotopic (exact) mass is 708 g/mol. The van der Waals surface area contributed by atoms with Crippen LogP contribution in [0, 0.1) is 0 Å². The summed E-state index contributed by atoms with van der Waals surface area (Å²) in [7, 11) is 0. The van der Waals surface area contributed by atoms with Gasteiger partial charge in [0.15, 0.2) is 0 Å². The van der Waals surface area contributed by atoms with Gasteiger partial charge in [0.05, 0.1) is 25.2 Å². The zero-order valence-corrected chi connectivity index (χ0v) is 33.5. The van der Waals surface area contributed by atoms with Gasteiger partial charge in [-0.2, -0.15) is 0 Å². The van der Waals surface area contributed by atoms with Crippen LogP contribution in [0.4, 0.5) is 0 Å². The van der Waals surface area contributed by atoms with Gasteiger partial charge in [0.25, 0.3) is 0 Å². The zero-order chi connectivity index (χ0) is 36.8. The average molecular weight is 708 g/mol. The van der Waals surface area contributed by atoms with E-state index in [9.17, 15) is 19.8 Å².